The number of rotatable bonds is 4. The van der Waals surface area contributed by atoms with Crippen LogP contribution in [0.2, 0.25) is 0 Å². The van der Waals surface area contributed by atoms with Gasteiger partial charge in [-0.1, -0.05) is 60.7 Å². The minimum atomic E-state index is -4.24. The number of hydrogen-bond acceptors (Lipinski definition) is 1. The Morgan fingerprint density at radius 2 is 1.37 bits per heavy atom. The Kier molecular flexibility index (Phi) is 4.53. The van der Waals surface area contributed by atoms with Gasteiger partial charge in [0.25, 0.3) is 0 Å². The molecule has 0 amide bonds. The fourth-order valence-corrected chi connectivity index (χ4v) is 2.85. The van der Waals surface area contributed by atoms with Gasteiger partial charge >= 0.3 is 6.18 Å². The maximum Gasteiger partial charge on any atom is 0.404 e. The van der Waals surface area contributed by atoms with Crippen LogP contribution in [0.15, 0.2) is 60.7 Å². The van der Waals surface area contributed by atoms with Gasteiger partial charge in [0.2, 0.25) is 0 Å². The Labute approximate surface area is 114 Å². The lowest BCUT2D eigenvalue weighted by atomic mass is 10.1. The minimum absolute atomic E-state index is 0.302. The van der Waals surface area contributed by atoms with E-state index in [2.05, 4.69) is 0 Å². The molecule has 1 atom stereocenters. The summed E-state index contributed by atoms with van der Waals surface area (Å²) in [5.74, 6) is 0.347. The van der Waals surface area contributed by atoms with Gasteiger partial charge in [0.15, 0.2) is 0 Å². The molecule has 100 valence electrons. The van der Waals surface area contributed by atoms with Crippen molar-refractivity contribution in [1.82, 2.24) is 0 Å². The third-order valence-corrected chi connectivity index (χ3v) is 4.03. The summed E-state index contributed by atoms with van der Waals surface area (Å²) in [6.07, 6.45) is -4.24. The molecule has 0 aromatic heterocycles. The number of thioether (sulfide) groups is 1. The molecule has 0 bridgehead atoms. The first-order valence-corrected chi connectivity index (χ1v) is 6.89. The van der Waals surface area contributed by atoms with Gasteiger partial charge in [0.1, 0.15) is 5.25 Å². The molecule has 0 fully saturated rings. The van der Waals surface area contributed by atoms with Gasteiger partial charge in [-0.3, -0.25) is 0 Å². The average Bonchev–Trinajstić information content (AvgIpc) is 2.40. The van der Waals surface area contributed by atoms with Crippen LogP contribution in [0.3, 0.4) is 0 Å². The smallest absolute Gasteiger partial charge is 0.169 e. The number of benzene rings is 2. The van der Waals surface area contributed by atoms with Crippen molar-refractivity contribution in [2.24, 2.45) is 0 Å². The molecule has 2 rings (SSSR count). The monoisotopic (exact) mass is 282 g/mol. The first-order chi connectivity index (χ1) is 9.07. The Bertz CT molecular complexity index is 494. The van der Waals surface area contributed by atoms with Crippen LogP contribution in [0.1, 0.15) is 16.4 Å². The number of hydrogen-bond donors (Lipinski definition) is 0. The van der Waals surface area contributed by atoms with Gasteiger partial charge in [-0.25, -0.2) is 0 Å². The Morgan fingerprint density at radius 3 is 1.89 bits per heavy atom. The fraction of sp³-hybridized carbons (Fsp3) is 0.200. The molecule has 4 heteroatoms. The summed E-state index contributed by atoms with van der Waals surface area (Å²) in [7, 11) is 0. The molecule has 0 unspecified atom stereocenters. The van der Waals surface area contributed by atoms with Gasteiger partial charge in [0.05, 0.1) is 0 Å². The average molecular weight is 282 g/mol. The summed E-state index contributed by atoms with van der Waals surface area (Å²) in [6.45, 7) is 0. The zero-order valence-electron chi connectivity index (χ0n) is 10.1. The summed E-state index contributed by atoms with van der Waals surface area (Å²) >= 11 is 0.910. The van der Waals surface area contributed by atoms with E-state index in [1.807, 2.05) is 30.3 Å². The molecule has 0 nitrogen and oxygen atoms in total. The quantitative estimate of drug-likeness (QED) is 0.740. The highest BCUT2D eigenvalue weighted by atomic mass is 32.2. The first kappa shape index (κ1) is 14.0. The fourth-order valence-electron chi connectivity index (χ4n) is 1.76. The second-order valence-corrected chi connectivity index (χ2v) is 5.22. The van der Waals surface area contributed by atoms with E-state index in [4.69, 9.17) is 0 Å². The van der Waals surface area contributed by atoms with Crippen LogP contribution in [-0.4, -0.2) is 6.18 Å². The SMILES string of the molecule is FC(F)(F)[C@H](SCc1ccccc1)c1ccccc1. The molecule has 0 N–H and O–H groups in total. The number of alkyl halides is 3. The molecule has 0 aliphatic rings. The van der Waals surface area contributed by atoms with Crippen molar-refractivity contribution in [3.63, 3.8) is 0 Å². The van der Waals surface area contributed by atoms with Gasteiger partial charge in [-0.15, -0.1) is 11.8 Å². The molecular formula is C15H13F3S. The normalized spacial score (nSPS) is 13.2. The third kappa shape index (κ3) is 4.03. The van der Waals surface area contributed by atoms with Crippen LogP contribution in [0.5, 0.6) is 0 Å². The lowest BCUT2D eigenvalue weighted by Crippen LogP contribution is -2.18. The van der Waals surface area contributed by atoms with E-state index in [1.54, 1.807) is 18.2 Å². The molecule has 2 aromatic rings. The first-order valence-electron chi connectivity index (χ1n) is 5.84. The van der Waals surface area contributed by atoms with Gasteiger partial charge in [-0.05, 0) is 11.1 Å². The standard InChI is InChI=1S/C15H13F3S/c16-15(17,18)14(13-9-5-2-6-10-13)19-11-12-7-3-1-4-8-12/h1-10,14H,11H2/t14-/m1/s1. The van der Waals surface area contributed by atoms with Crippen molar-refractivity contribution >= 4 is 11.8 Å². The molecule has 0 saturated carbocycles. The van der Waals surface area contributed by atoms with Crippen LogP contribution in [-0.2, 0) is 5.75 Å². The van der Waals surface area contributed by atoms with E-state index >= 15 is 0 Å². The van der Waals surface area contributed by atoms with Crippen LogP contribution in [0, 0.1) is 0 Å². The lowest BCUT2D eigenvalue weighted by molar-refractivity contribution is -0.129. The highest BCUT2D eigenvalue weighted by Crippen LogP contribution is 2.44. The Morgan fingerprint density at radius 1 is 0.842 bits per heavy atom. The summed E-state index contributed by atoms with van der Waals surface area (Å²) in [5.41, 5.74) is 1.20. The van der Waals surface area contributed by atoms with Crippen molar-refractivity contribution in [2.75, 3.05) is 0 Å². The molecule has 19 heavy (non-hydrogen) atoms. The topological polar surface area (TPSA) is 0 Å². The molecule has 0 saturated heterocycles. The molecule has 0 aliphatic carbocycles. The van der Waals surface area contributed by atoms with E-state index < -0.39 is 11.4 Å². The van der Waals surface area contributed by atoms with Gasteiger partial charge in [0, 0.05) is 5.75 Å². The minimum Gasteiger partial charge on any atom is -0.169 e. The molecule has 0 aliphatic heterocycles. The number of halogens is 3. The van der Waals surface area contributed by atoms with E-state index in [0.29, 0.717) is 11.3 Å². The van der Waals surface area contributed by atoms with E-state index in [1.165, 1.54) is 12.1 Å². The van der Waals surface area contributed by atoms with Crippen molar-refractivity contribution in [2.45, 2.75) is 17.2 Å². The van der Waals surface area contributed by atoms with E-state index in [0.717, 1.165) is 17.3 Å². The highest BCUT2D eigenvalue weighted by molar-refractivity contribution is 7.98. The Hall–Kier alpha value is -1.42. The predicted octanol–water partition coefficient (Wildman–Crippen LogP) is 5.22. The molecule has 0 heterocycles. The Balaban J connectivity index is 2.12. The largest absolute Gasteiger partial charge is 0.404 e. The zero-order valence-corrected chi connectivity index (χ0v) is 10.9. The molecule has 0 spiro atoms. The summed E-state index contributed by atoms with van der Waals surface area (Å²) < 4.78 is 39.3. The van der Waals surface area contributed by atoms with Crippen LogP contribution in [0.4, 0.5) is 13.2 Å². The van der Waals surface area contributed by atoms with Crippen LogP contribution >= 0.6 is 11.8 Å². The van der Waals surface area contributed by atoms with E-state index in [9.17, 15) is 13.2 Å². The highest BCUT2D eigenvalue weighted by Gasteiger charge is 2.40. The van der Waals surface area contributed by atoms with Crippen molar-refractivity contribution in [3.05, 3.63) is 71.8 Å². The summed E-state index contributed by atoms with van der Waals surface area (Å²) in [6, 6.07) is 17.2. The maximum atomic E-state index is 13.1. The van der Waals surface area contributed by atoms with E-state index in [-0.39, 0.29) is 0 Å². The second kappa shape index (κ2) is 6.15. The van der Waals surface area contributed by atoms with Crippen LogP contribution in [0.25, 0.3) is 0 Å². The summed E-state index contributed by atoms with van der Waals surface area (Å²) in [4.78, 5) is 0. The van der Waals surface area contributed by atoms with Gasteiger partial charge in [-0.2, -0.15) is 13.2 Å². The maximum absolute atomic E-state index is 13.1. The lowest BCUT2D eigenvalue weighted by Gasteiger charge is -2.20. The second-order valence-electron chi connectivity index (χ2n) is 4.13. The van der Waals surface area contributed by atoms with Crippen molar-refractivity contribution in [1.29, 1.82) is 0 Å². The predicted molar refractivity (Wildman–Crippen MR) is 73.0 cm³/mol. The van der Waals surface area contributed by atoms with Crippen molar-refractivity contribution in [3.8, 4) is 0 Å². The molecule has 2 aromatic carbocycles. The van der Waals surface area contributed by atoms with Gasteiger partial charge < -0.3 is 0 Å². The van der Waals surface area contributed by atoms with Crippen molar-refractivity contribution < 1.29 is 13.2 Å². The molecular weight excluding hydrogens is 269 g/mol. The third-order valence-electron chi connectivity index (χ3n) is 2.66. The molecule has 0 radical (unpaired) electrons. The summed E-state index contributed by atoms with van der Waals surface area (Å²) in [5, 5.41) is -1.48. The zero-order chi connectivity index (χ0) is 13.7. The van der Waals surface area contributed by atoms with Crippen LogP contribution < -0.4 is 0 Å².